The van der Waals surface area contributed by atoms with Gasteiger partial charge in [-0.25, -0.2) is 0 Å². The molecule has 4 heteroatoms. The molecule has 0 rings (SSSR count). The predicted octanol–water partition coefficient (Wildman–Crippen LogP) is 3.05. The first-order valence-electron chi connectivity index (χ1n) is 6.28. The van der Waals surface area contributed by atoms with Gasteiger partial charge in [0.1, 0.15) is 0 Å². The zero-order chi connectivity index (χ0) is 14.0. The summed E-state index contributed by atoms with van der Waals surface area (Å²) in [5.41, 5.74) is -0.462. The second-order valence-electron chi connectivity index (χ2n) is 6.70. The van der Waals surface area contributed by atoms with Crippen LogP contribution >= 0.6 is 0 Å². The van der Waals surface area contributed by atoms with Crippen molar-refractivity contribution in [3.05, 3.63) is 0 Å². The lowest BCUT2D eigenvalue weighted by Gasteiger charge is -2.45. The average molecular weight is 263 g/mol. The van der Waals surface area contributed by atoms with E-state index in [2.05, 4.69) is 20.8 Å². The summed E-state index contributed by atoms with van der Waals surface area (Å²) in [6, 6.07) is -0.122. The Hall–Kier alpha value is 0.0700. The van der Waals surface area contributed by atoms with E-state index >= 15 is 0 Å². The van der Waals surface area contributed by atoms with Crippen LogP contribution in [0.4, 0.5) is 0 Å². The van der Waals surface area contributed by atoms with Crippen LogP contribution < -0.4 is 0 Å². The van der Waals surface area contributed by atoms with Crippen molar-refractivity contribution in [1.82, 2.24) is 5.06 Å². The van der Waals surface area contributed by atoms with Gasteiger partial charge in [-0.15, -0.1) is 0 Å². The molecule has 0 aliphatic carbocycles. The number of rotatable bonds is 4. The number of hydrogen-bond donors (Lipinski definition) is 1. The molecule has 0 saturated heterocycles. The maximum absolute atomic E-state index is 12.0. The van der Waals surface area contributed by atoms with Crippen molar-refractivity contribution in [3.8, 4) is 0 Å². The Kier molecular flexibility index (Phi) is 5.83. The zero-order valence-corrected chi connectivity index (χ0v) is 13.4. The van der Waals surface area contributed by atoms with Crippen molar-refractivity contribution in [2.75, 3.05) is 5.75 Å². The third-order valence-electron chi connectivity index (χ3n) is 2.98. The second kappa shape index (κ2) is 5.81. The normalized spacial score (nSPS) is 19.2. The van der Waals surface area contributed by atoms with Gasteiger partial charge in [-0.05, 0) is 33.1 Å². The molecule has 0 aromatic rings. The standard InChI is InChI=1S/C13H29NO2S/c1-9-17(16)10(2)11(12(3,4)5)14(15)13(6,7)8/h10-11,15H,9H2,1-8H3/t10-,11?,17+/m0/s1. The molecule has 1 unspecified atom stereocenters. The van der Waals surface area contributed by atoms with Crippen LogP contribution in [0.15, 0.2) is 0 Å². The molecule has 0 saturated carbocycles. The van der Waals surface area contributed by atoms with E-state index in [1.165, 1.54) is 5.06 Å². The fourth-order valence-electron chi connectivity index (χ4n) is 2.09. The largest absolute Gasteiger partial charge is 0.313 e. The third-order valence-corrected chi connectivity index (χ3v) is 4.64. The van der Waals surface area contributed by atoms with Crippen LogP contribution in [0.3, 0.4) is 0 Å². The van der Waals surface area contributed by atoms with Crippen LogP contribution in [0.25, 0.3) is 0 Å². The first kappa shape index (κ1) is 17.1. The number of hydrogen-bond acceptors (Lipinski definition) is 3. The van der Waals surface area contributed by atoms with Gasteiger partial charge in [0.25, 0.3) is 0 Å². The molecule has 0 bridgehead atoms. The maximum atomic E-state index is 12.0. The molecule has 0 aromatic carbocycles. The summed E-state index contributed by atoms with van der Waals surface area (Å²) in [5, 5.41) is 11.7. The van der Waals surface area contributed by atoms with E-state index in [1.807, 2.05) is 34.6 Å². The van der Waals surface area contributed by atoms with E-state index in [9.17, 15) is 9.42 Å². The van der Waals surface area contributed by atoms with Crippen LogP contribution in [0, 0.1) is 5.41 Å². The molecule has 0 heterocycles. The molecule has 0 spiro atoms. The van der Waals surface area contributed by atoms with Crippen LogP contribution in [-0.2, 0) is 10.8 Å². The maximum Gasteiger partial charge on any atom is 0.0545 e. The second-order valence-corrected chi connectivity index (χ2v) is 8.78. The Morgan fingerprint density at radius 1 is 1.18 bits per heavy atom. The summed E-state index contributed by atoms with van der Waals surface area (Å²) < 4.78 is 12.0. The molecule has 0 aliphatic heterocycles. The van der Waals surface area contributed by atoms with Gasteiger partial charge in [-0.2, -0.15) is 5.06 Å². The molecular formula is C13H29NO2S. The highest BCUT2D eigenvalue weighted by Crippen LogP contribution is 2.32. The number of hydroxylamine groups is 2. The van der Waals surface area contributed by atoms with Gasteiger partial charge in [0.15, 0.2) is 0 Å². The molecule has 17 heavy (non-hydrogen) atoms. The Labute approximate surface area is 109 Å². The third kappa shape index (κ3) is 4.68. The summed E-state index contributed by atoms with van der Waals surface area (Å²) in [4.78, 5) is 0. The van der Waals surface area contributed by atoms with Crippen LogP contribution in [0.5, 0.6) is 0 Å². The van der Waals surface area contributed by atoms with Gasteiger partial charge in [0.05, 0.1) is 11.3 Å². The van der Waals surface area contributed by atoms with Gasteiger partial charge in [0, 0.05) is 22.1 Å². The lowest BCUT2D eigenvalue weighted by Crippen LogP contribution is -2.57. The Morgan fingerprint density at radius 2 is 1.59 bits per heavy atom. The monoisotopic (exact) mass is 263 g/mol. The van der Waals surface area contributed by atoms with Crippen molar-refractivity contribution in [2.45, 2.75) is 72.2 Å². The van der Waals surface area contributed by atoms with Gasteiger partial charge in [-0.3, -0.25) is 4.21 Å². The molecule has 104 valence electrons. The van der Waals surface area contributed by atoms with E-state index in [0.717, 1.165) is 0 Å². The molecule has 3 nitrogen and oxygen atoms in total. The quantitative estimate of drug-likeness (QED) is 0.793. The fourth-order valence-corrected chi connectivity index (χ4v) is 3.43. The van der Waals surface area contributed by atoms with E-state index in [0.29, 0.717) is 5.75 Å². The molecule has 0 radical (unpaired) electrons. The first-order valence-corrected chi connectivity index (χ1v) is 7.66. The van der Waals surface area contributed by atoms with Crippen molar-refractivity contribution < 1.29 is 9.42 Å². The lowest BCUT2D eigenvalue weighted by molar-refractivity contribution is -0.208. The summed E-state index contributed by atoms with van der Waals surface area (Å²) >= 11 is 0. The van der Waals surface area contributed by atoms with Gasteiger partial charge in [-0.1, -0.05) is 27.7 Å². The van der Waals surface area contributed by atoms with Crippen molar-refractivity contribution >= 4 is 10.8 Å². The van der Waals surface area contributed by atoms with Crippen LogP contribution in [0.2, 0.25) is 0 Å². The predicted molar refractivity (Wildman–Crippen MR) is 74.8 cm³/mol. The van der Waals surface area contributed by atoms with E-state index in [4.69, 9.17) is 0 Å². The highest BCUT2D eigenvalue weighted by atomic mass is 32.2. The van der Waals surface area contributed by atoms with Crippen molar-refractivity contribution in [3.63, 3.8) is 0 Å². The number of nitrogens with zero attached hydrogens (tertiary/aromatic N) is 1. The summed E-state index contributed by atoms with van der Waals surface area (Å²) in [6.07, 6.45) is 0. The first-order chi connectivity index (χ1) is 7.42. The highest BCUT2D eigenvalue weighted by molar-refractivity contribution is 7.85. The molecule has 0 aromatic heterocycles. The fraction of sp³-hybridized carbons (Fsp3) is 1.00. The minimum absolute atomic E-state index is 0.0516. The molecular weight excluding hydrogens is 234 g/mol. The summed E-state index contributed by atoms with van der Waals surface area (Å²) in [7, 11) is -0.905. The van der Waals surface area contributed by atoms with Crippen LogP contribution in [0.1, 0.15) is 55.4 Å². The molecule has 1 N–H and O–H groups in total. The van der Waals surface area contributed by atoms with E-state index in [-0.39, 0.29) is 22.2 Å². The Balaban J connectivity index is 5.24. The SMILES string of the molecule is CC[S@@](=O)[C@@H](C)C(N(O)C(C)(C)C)C(C)(C)C. The van der Waals surface area contributed by atoms with Crippen molar-refractivity contribution in [1.29, 1.82) is 0 Å². The topological polar surface area (TPSA) is 40.5 Å². The van der Waals surface area contributed by atoms with E-state index < -0.39 is 10.8 Å². The van der Waals surface area contributed by atoms with Gasteiger partial charge in [0.2, 0.25) is 0 Å². The summed E-state index contributed by atoms with van der Waals surface area (Å²) in [5.74, 6) is 0.631. The minimum atomic E-state index is -0.905. The van der Waals surface area contributed by atoms with Gasteiger partial charge < -0.3 is 5.21 Å². The molecule has 0 amide bonds. The highest BCUT2D eigenvalue weighted by Gasteiger charge is 2.40. The van der Waals surface area contributed by atoms with E-state index in [1.54, 1.807) is 0 Å². The van der Waals surface area contributed by atoms with Crippen LogP contribution in [-0.4, -0.2) is 37.1 Å². The lowest BCUT2D eigenvalue weighted by atomic mass is 9.83. The Bertz CT molecular complexity index is 266. The Morgan fingerprint density at radius 3 is 1.82 bits per heavy atom. The van der Waals surface area contributed by atoms with Gasteiger partial charge >= 0.3 is 0 Å². The van der Waals surface area contributed by atoms with Crippen molar-refractivity contribution in [2.24, 2.45) is 5.41 Å². The smallest absolute Gasteiger partial charge is 0.0545 e. The zero-order valence-electron chi connectivity index (χ0n) is 12.6. The molecule has 0 fully saturated rings. The molecule has 3 atom stereocenters. The summed E-state index contributed by atoms with van der Waals surface area (Å²) in [6.45, 7) is 16.0. The minimum Gasteiger partial charge on any atom is -0.313 e. The average Bonchev–Trinajstić information content (AvgIpc) is 2.12. The molecule has 0 aliphatic rings.